The van der Waals surface area contributed by atoms with E-state index < -0.39 is 0 Å². The van der Waals surface area contributed by atoms with Crippen molar-refractivity contribution >= 4 is 7.12 Å². The summed E-state index contributed by atoms with van der Waals surface area (Å²) in [6.07, 6.45) is 3.89. The first-order valence-electron chi connectivity index (χ1n) is 4.10. The highest BCUT2D eigenvalue weighted by molar-refractivity contribution is 6.43. The fourth-order valence-electron chi connectivity index (χ4n) is 1.99. The molecular weight excluding hydrogens is 127 g/mol. The third-order valence-corrected chi connectivity index (χ3v) is 2.77. The number of hydrogen-bond donors (Lipinski definition) is 0. The Labute approximate surface area is 62.0 Å². The van der Waals surface area contributed by atoms with E-state index in [1.54, 1.807) is 0 Å². The summed E-state index contributed by atoms with van der Waals surface area (Å²) < 4.78 is 11.2. The highest BCUT2D eigenvalue weighted by Crippen LogP contribution is 2.45. The molecule has 2 rings (SSSR count). The average Bonchev–Trinajstić information content (AvgIpc) is 2.11. The Bertz CT molecular complexity index is 147. The molecule has 1 aliphatic carbocycles. The van der Waals surface area contributed by atoms with Gasteiger partial charge in [-0.25, -0.2) is 0 Å². The minimum absolute atomic E-state index is 0.0347. The molecule has 1 aliphatic heterocycles. The molecule has 10 heavy (non-hydrogen) atoms. The fraction of sp³-hybridized carbons (Fsp3) is 1.00. The normalized spacial score (nSPS) is 45.0. The van der Waals surface area contributed by atoms with Gasteiger partial charge in [0.2, 0.25) is 0 Å². The van der Waals surface area contributed by atoms with Gasteiger partial charge in [0.05, 0.1) is 11.7 Å². The van der Waals surface area contributed by atoms with Gasteiger partial charge in [-0.05, 0) is 26.1 Å². The van der Waals surface area contributed by atoms with Crippen molar-refractivity contribution in [3.8, 4) is 0 Å². The molecule has 1 heterocycles. The molecule has 0 unspecified atom stereocenters. The van der Waals surface area contributed by atoms with Crippen molar-refractivity contribution in [1.82, 2.24) is 0 Å². The molecule has 0 spiro atoms. The van der Waals surface area contributed by atoms with Gasteiger partial charge in [-0.1, -0.05) is 6.92 Å². The van der Waals surface area contributed by atoms with E-state index in [0.29, 0.717) is 6.10 Å². The van der Waals surface area contributed by atoms with Gasteiger partial charge < -0.3 is 9.31 Å². The Morgan fingerprint density at radius 2 is 2.50 bits per heavy atom. The average molecular weight is 140 g/mol. The zero-order valence-electron chi connectivity index (χ0n) is 6.59. The molecule has 0 N–H and O–H groups in total. The standard InChI is InChI=1S/C7H13BO2/c1-3-7-5-4-6(7)9-8(2)10-7/h6H,3-5H2,1-2H3/t6-,7+/m0/s1. The lowest BCUT2D eigenvalue weighted by Gasteiger charge is -2.42. The summed E-state index contributed by atoms with van der Waals surface area (Å²) in [5, 5.41) is 0. The van der Waals surface area contributed by atoms with Gasteiger partial charge in [-0.3, -0.25) is 0 Å². The van der Waals surface area contributed by atoms with Crippen molar-refractivity contribution < 1.29 is 9.31 Å². The highest BCUT2D eigenvalue weighted by Gasteiger charge is 2.54. The Balaban J connectivity index is 2.10. The van der Waals surface area contributed by atoms with Crippen LogP contribution in [0.15, 0.2) is 0 Å². The highest BCUT2D eigenvalue weighted by atomic mass is 16.7. The van der Waals surface area contributed by atoms with E-state index >= 15 is 0 Å². The van der Waals surface area contributed by atoms with Crippen LogP contribution in [-0.2, 0) is 9.31 Å². The molecule has 0 aromatic carbocycles. The Morgan fingerprint density at radius 1 is 1.70 bits per heavy atom. The van der Waals surface area contributed by atoms with Gasteiger partial charge in [-0.2, -0.15) is 0 Å². The quantitative estimate of drug-likeness (QED) is 0.513. The number of hydrogen-bond acceptors (Lipinski definition) is 2. The Kier molecular flexibility index (Phi) is 1.33. The van der Waals surface area contributed by atoms with Crippen molar-refractivity contribution in [2.24, 2.45) is 0 Å². The van der Waals surface area contributed by atoms with E-state index in [4.69, 9.17) is 9.31 Å². The summed E-state index contributed by atoms with van der Waals surface area (Å²) in [5.74, 6) is 0. The monoisotopic (exact) mass is 140 g/mol. The van der Waals surface area contributed by atoms with Crippen molar-refractivity contribution in [2.75, 3.05) is 0 Å². The van der Waals surface area contributed by atoms with Crippen LogP contribution in [0.1, 0.15) is 26.2 Å². The summed E-state index contributed by atoms with van der Waals surface area (Å²) in [6.45, 7) is 4.16. The molecular formula is C7H13BO2. The third-order valence-electron chi connectivity index (χ3n) is 2.77. The van der Waals surface area contributed by atoms with Crippen LogP contribution >= 0.6 is 0 Å². The van der Waals surface area contributed by atoms with E-state index in [1.165, 1.54) is 12.8 Å². The van der Waals surface area contributed by atoms with E-state index in [-0.39, 0.29) is 12.7 Å². The summed E-state index contributed by atoms with van der Waals surface area (Å²) in [5.41, 5.74) is 0.124. The van der Waals surface area contributed by atoms with Crippen LogP contribution in [0.4, 0.5) is 0 Å². The fourth-order valence-corrected chi connectivity index (χ4v) is 1.99. The molecule has 1 saturated heterocycles. The van der Waals surface area contributed by atoms with Gasteiger partial charge in [0.15, 0.2) is 0 Å². The zero-order valence-corrected chi connectivity index (χ0v) is 6.59. The molecule has 2 aliphatic rings. The minimum Gasteiger partial charge on any atom is -0.406 e. The second-order valence-electron chi connectivity index (χ2n) is 3.27. The van der Waals surface area contributed by atoms with Gasteiger partial charge in [0, 0.05) is 0 Å². The van der Waals surface area contributed by atoms with Crippen LogP contribution in [-0.4, -0.2) is 18.8 Å². The second kappa shape index (κ2) is 1.99. The smallest absolute Gasteiger partial charge is 0.406 e. The van der Waals surface area contributed by atoms with E-state index in [1.807, 2.05) is 6.82 Å². The van der Waals surface area contributed by atoms with Crippen LogP contribution in [0, 0.1) is 0 Å². The molecule has 2 nitrogen and oxygen atoms in total. The summed E-state index contributed by atoms with van der Waals surface area (Å²) in [6, 6.07) is 0. The lowest BCUT2D eigenvalue weighted by Crippen LogP contribution is -2.48. The van der Waals surface area contributed by atoms with Crippen molar-refractivity contribution in [3.63, 3.8) is 0 Å². The molecule has 1 saturated carbocycles. The predicted molar refractivity (Wildman–Crippen MR) is 39.8 cm³/mol. The first-order chi connectivity index (χ1) is 4.77. The van der Waals surface area contributed by atoms with Crippen LogP contribution in [0.3, 0.4) is 0 Å². The first-order valence-corrected chi connectivity index (χ1v) is 4.10. The minimum atomic E-state index is 0.0347. The van der Waals surface area contributed by atoms with Crippen LogP contribution in [0.2, 0.25) is 6.82 Å². The summed E-state index contributed by atoms with van der Waals surface area (Å²) in [4.78, 5) is 0. The maximum Gasteiger partial charge on any atom is 0.454 e. The maximum absolute atomic E-state index is 5.67. The molecule has 2 fully saturated rings. The van der Waals surface area contributed by atoms with E-state index in [0.717, 1.165) is 6.42 Å². The number of rotatable bonds is 1. The molecule has 0 aromatic heterocycles. The van der Waals surface area contributed by atoms with Crippen LogP contribution in [0.25, 0.3) is 0 Å². The lowest BCUT2D eigenvalue weighted by molar-refractivity contribution is -0.0499. The molecule has 2 atom stereocenters. The Morgan fingerprint density at radius 3 is 2.80 bits per heavy atom. The van der Waals surface area contributed by atoms with Gasteiger partial charge in [0.25, 0.3) is 0 Å². The lowest BCUT2D eigenvalue weighted by atomic mass is 9.75. The van der Waals surface area contributed by atoms with E-state index in [9.17, 15) is 0 Å². The summed E-state index contributed by atoms with van der Waals surface area (Å²) in [7, 11) is 0.0347. The SMILES string of the molecule is CC[C@@]12CC[C@@H]1OB(C)O2. The van der Waals surface area contributed by atoms with Crippen molar-refractivity contribution in [1.29, 1.82) is 0 Å². The second-order valence-corrected chi connectivity index (χ2v) is 3.27. The Hall–Kier alpha value is -0.0151. The van der Waals surface area contributed by atoms with Gasteiger partial charge in [-0.15, -0.1) is 0 Å². The largest absolute Gasteiger partial charge is 0.454 e. The molecule has 3 heteroatoms. The van der Waals surface area contributed by atoms with Gasteiger partial charge >= 0.3 is 7.12 Å². The molecule has 0 radical (unpaired) electrons. The first kappa shape index (κ1) is 6.68. The summed E-state index contributed by atoms with van der Waals surface area (Å²) >= 11 is 0. The predicted octanol–water partition coefficient (Wildman–Crippen LogP) is 1.46. The van der Waals surface area contributed by atoms with Crippen molar-refractivity contribution in [3.05, 3.63) is 0 Å². The zero-order chi connectivity index (χ0) is 7.19. The third kappa shape index (κ3) is 0.677. The maximum atomic E-state index is 5.67. The topological polar surface area (TPSA) is 18.5 Å². The molecule has 56 valence electrons. The van der Waals surface area contributed by atoms with E-state index in [2.05, 4.69) is 6.92 Å². The van der Waals surface area contributed by atoms with Crippen molar-refractivity contribution in [2.45, 2.75) is 44.7 Å². The number of fused-ring (bicyclic) bond motifs is 1. The van der Waals surface area contributed by atoms with Crippen LogP contribution in [0.5, 0.6) is 0 Å². The van der Waals surface area contributed by atoms with Crippen LogP contribution < -0.4 is 0 Å². The molecule has 0 amide bonds. The molecule has 0 bridgehead atoms. The molecule has 0 aromatic rings. The van der Waals surface area contributed by atoms with Gasteiger partial charge in [0.1, 0.15) is 0 Å².